The molecule has 14 heavy (non-hydrogen) atoms. The summed E-state index contributed by atoms with van der Waals surface area (Å²) < 4.78 is 27.4. The van der Waals surface area contributed by atoms with E-state index >= 15 is 0 Å². The first-order valence-corrected chi connectivity index (χ1v) is 6.62. The summed E-state index contributed by atoms with van der Waals surface area (Å²) in [6, 6.07) is 0. The van der Waals surface area contributed by atoms with Crippen molar-refractivity contribution in [2.45, 2.75) is 39.2 Å². The molecule has 1 rings (SSSR count). The van der Waals surface area contributed by atoms with Crippen LogP contribution in [0.5, 0.6) is 0 Å². The molecule has 1 aliphatic rings. The molecular formula is C9H19NO3S. The molecule has 0 heterocycles. The zero-order chi connectivity index (χ0) is 10.8. The van der Waals surface area contributed by atoms with Gasteiger partial charge in [0.15, 0.2) is 0 Å². The summed E-state index contributed by atoms with van der Waals surface area (Å²) in [6.07, 6.45) is 3.77. The second-order valence-electron chi connectivity index (χ2n) is 4.84. The van der Waals surface area contributed by atoms with Gasteiger partial charge in [-0.1, -0.05) is 13.8 Å². The fourth-order valence-corrected chi connectivity index (χ4v) is 2.64. The first kappa shape index (κ1) is 11.9. The van der Waals surface area contributed by atoms with Gasteiger partial charge in [0.2, 0.25) is 10.0 Å². The van der Waals surface area contributed by atoms with Gasteiger partial charge in [-0.2, -0.15) is 0 Å². The number of ether oxygens (including phenoxy) is 1. The van der Waals surface area contributed by atoms with Crippen LogP contribution in [0.15, 0.2) is 0 Å². The molecule has 84 valence electrons. The van der Waals surface area contributed by atoms with Crippen LogP contribution < -0.4 is 5.14 Å². The van der Waals surface area contributed by atoms with Crippen LogP contribution in [0.1, 0.15) is 33.1 Å². The molecule has 5 heteroatoms. The molecule has 4 nitrogen and oxygen atoms in total. The van der Waals surface area contributed by atoms with Crippen molar-refractivity contribution in [1.82, 2.24) is 0 Å². The lowest BCUT2D eigenvalue weighted by molar-refractivity contribution is -0.0303. The van der Waals surface area contributed by atoms with Crippen LogP contribution in [0, 0.1) is 5.41 Å². The van der Waals surface area contributed by atoms with Crippen molar-refractivity contribution in [2.24, 2.45) is 10.6 Å². The largest absolute Gasteiger partial charge is 0.378 e. The minimum absolute atomic E-state index is 0.0211. The molecule has 0 radical (unpaired) electrons. The molecule has 0 bridgehead atoms. The van der Waals surface area contributed by atoms with Gasteiger partial charge in [0, 0.05) is 5.41 Å². The third kappa shape index (κ3) is 4.39. The van der Waals surface area contributed by atoms with Crippen LogP contribution >= 0.6 is 0 Å². The summed E-state index contributed by atoms with van der Waals surface area (Å²) in [7, 11) is -3.40. The number of primary sulfonamides is 1. The molecular weight excluding hydrogens is 202 g/mol. The predicted molar refractivity (Wildman–Crippen MR) is 55.3 cm³/mol. The van der Waals surface area contributed by atoms with E-state index in [4.69, 9.17) is 9.88 Å². The molecule has 0 unspecified atom stereocenters. The molecule has 2 N–H and O–H groups in total. The summed E-state index contributed by atoms with van der Waals surface area (Å²) in [5, 5.41) is 4.99. The smallest absolute Gasteiger partial charge is 0.209 e. The monoisotopic (exact) mass is 221 g/mol. The summed E-state index contributed by atoms with van der Waals surface area (Å²) >= 11 is 0. The van der Waals surface area contributed by atoms with Gasteiger partial charge >= 0.3 is 0 Å². The van der Waals surface area contributed by atoms with Crippen molar-refractivity contribution < 1.29 is 13.2 Å². The number of hydrogen-bond donors (Lipinski definition) is 1. The highest BCUT2D eigenvalue weighted by molar-refractivity contribution is 7.89. The van der Waals surface area contributed by atoms with Gasteiger partial charge in [-0.15, -0.1) is 0 Å². The molecule has 0 aliphatic heterocycles. The van der Waals surface area contributed by atoms with Crippen molar-refractivity contribution >= 4 is 10.0 Å². The van der Waals surface area contributed by atoms with Crippen LogP contribution in [0.3, 0.4) is 0 Å². The lowest BCUT2D eigenvalue weighted by Gasteiger charge is -2.30. The normalized spacial score (nSPS) is 19.4. The Hall–Kier alpha value is -0.130. The number of sulfonamides is 1. The molecule has 1 saturated carbocycles. The zero-order valence-electron chi connectivity index (χ0n) is 8.82. The summed E-state index contributed by atoms with van der Waals surface area (Å²) in [5.41, 5.74) is -0.386. The van der Waals surface area contributed by atoms with Crippen molar-refractivity contribution in [1.29, 1.82) is 0 Å². The van der Waals surface area contributed by atoms with E-state index in [0.717, 1.165) is 12.8 Å². The van der Waals surface area contributed by atoms with Crippen LogP contribution in [-0.4, -0.2) is 26.9 Å². The molecule has 0 amide bonds. The Kier molecular flexibility index (Phi) is 3.55. The highest BCUT2D eigenvalue weighted by Crippen LogP contribution is 2.25. The Balaban J connectivity index is 2.32. The summed E-state index contributed by atoms with van der Waals surface area (Å²) in [5.74, 6) is -0.0211. The third-order valence-corrected chi connectivity index (χ3v) is 3.54. The third-order valence-electron chi connectivity index (χ3n) is 2.35. The van der Waals surface area contributed by atoms with E-state index in [1.165, 1.54) is 6.42 Å². The summed E-state index contributed by atoms with van der Waals surface area (Å²) in [6.45, 7) is 4.18. The SMILES string of the molecule is CC(C)(COC1CCC1)CS(N)(=O)=O. The molecule has 0 saturated heterocycles. The van der Waals surface area contributed by atoms with E-state index in [1.54, 1.807) is 0 Å². The Bertz CT molecular complexity index is 280. The van der Waals surface area contributed by atoms with E-state index in [9.17, 15) is 8.42 Å². The van der Waals surface area contributed by atoms with Crippen molar-refractivity contribution in [3.63, 3.8) is 0 Å². The Labute approximate surface area is 85.9 Å². The maximum atomic E-state index is 10.9. The van der Waals surface area contributed by atoms with Crippen LogP contribution in [0.4, 0.5) is 0 Å². The maximum Gasteiger partial charge on any atom is 0.209 e. The van der Waals surface area contributed by atoms with Gasteiger partial charge in [-0.3, -0.25) is 0 Å². The second kappa shape index (κ2) is 4.16. The van der Waals surface area contributed by atoms with Crippen LogP contribution in [-0.2, 0) is 14.8 Å². The van der Waals surface area contributed by atoms with Gasteiger partial charge in [0.05, 0.1) is 18.5 Å². The highest BCUT2D eigenvalue weighted by atomic mass is 32.2. The van der Waals surface area contributed by atoms with E-state index in [2.05, 4.69) is 0 Å². The van der Waals surface area contributed by atoms with Crippen molar-refractivity contribution in [3.05, 3.63) is 0 Å². The number of rotatable bonds is 5. The molecule has 0 aromatic heterocycles. The zero-order valence-corrected chi connectivity index (χ0v) is 9.64. The quantitative estimate of drug-likeness (QED) is 0.749. The minimum Gasteiger partial charge on any atom is -0.378 e. The first-order valence-electron chi connectivity index (χ1n) is 4.91. The molecule has 1 aliphatic carbocycles. The van der Waals surface area contributed by atoms with Gasteiger partial charge in [0.1, 0.15) is 0 Å². The maximum absolute atomic E-state index is 10.9. The topological polar surface area (TPSA) is 69.4 Å². The Morgan fingerprint density at radius 1 is 1.43 bits per heavy atom. The molecule has 0 atom stereocenters. The van der Waals surface area contributed by atoms with Crippen LogP contribution in [0.2, 0.25) is 0 Å². The van der Waals surface area contributed by atoms with Crippen LogP contribution in [0.25, 0.3) is 0 Å². The standard InChI is InChI=1S/C9H19NO3S/c1-9(2,7-14(10,11)12)6-13-8-4-3-5-8/h8H,3-7H2,1-2H3,(H2,10,11,12). The molecule has 0 aromatic carbocycles. The van der Waals surface area contributed by atoms with E-state index < -0.39 is 10.0 Å². The average molecular weight is 221 g/mol. The van der Waals surface area contributed by atoms with Gasteiger partial charge < -0.3 is 4.74 Å². The number of hydrogen-bond acceptors (Lipinski definition) is 3. The molecule has 0 aromatic rings. The molecule has 0 spiro atoms. The van der Waals surface area contributed by atoms with Crippen molar-refractivity contribution in [3.8, 4) is 0 Å². The average Bonchev–Trinajstić information content (AvgIpc) is 1.75. The highest BCUT2D eigenvalue weighted by Gasteiger charge is 2.27. The van der Waals surface area contributed by atoms with Gasteiger partial charge in [-0.05, 0) is 19.3 Å². The van der Waals surface area contributed by atoms with Gasteiger partial charge in [-0.25, -0.2) is 13.6 Å². The number of nitrogens with two attached hydrogens (primary N) is 1. The Morgan fingerprint density at radius 2 is 2.00 bits per heavy atom. The predicted octanol–water partition coefficient (Wildman–Crippen LogP) is 0.870. The minimum atomic E-state index is -3.40. The van der Waals surface area contributed by atoms with E-state index in [1.807, 2.05) is 13.8 Å². The fourth-order valence-electron chi connectivity index (χ4n) is 1.47. The lowest BCUT2D eigenvalue weighted by Crippen LogP contribution is -2.35. The lowest BCUT2D eigenvalue weighted by atomic mass is 9.94. The Morgan fingerprint density at radius 3 is 2.36 bits per heavy atom. The van der Waals surface area contributed by atoms with E-state index in [-0.39, 0.29) is 11.2 Å². The van der Waals surface area contributed by atoms with E-state index in [0.29, 0.717) is 12.7 Å². The first-order chi connectivity index (χ1) is 6.29. The van der Waals surface area contributed by atoms with Gasteiger partial charge in [0.25, 0.3) is 0 Å². The second-order valence-corrected chi connectivity index (χ2v) is 6.45. The van der Waals surface area contributed by atoms with Crippen molar-refractivity contribution in [2.75, 3.05) is 12.4 Å². The summed E-state index contributed by atoms with van der Waals surface area (Å²) in [4.78, 5) is 0. The molecule has 1 fully saturated rings. The fraction of sp³-hybridized carbons (Fsp3) is 1.00.